The molecule has 7 nitrogen and oxygen atoms in total. The monoisotopic (exact) mass is 362 g/mol. The summed E-state index contributed by atoms with van der Waals surface area (Å²) in [5.74, 6) is 0.819. The van der Waals surface area contributed by atoms with Gasteiger partial charge >= 0.3 is 0 Å². The Morgan fingerprint density at radius 3 is 2.78 bits per heavy atom. The Morgan fingerprint density at radius 1 is 1.00 bits per heavy atom. The molecule has 5 heterocycles. The van der Waals surface area contributed by atoms with Crippen molar-refractivity contribution in [3.63, 3.8) is 0 Å². The molecule has 0 radical (unpaired) electrons. The molecule has 5 rings (SSSR count). The van der Waals surface area contributed by atoms with Crippen LogP contribution in [0.2, 0.25) is 0 Å². The number of nitrogens with zero attached hydrogens (tertiary/aromatic N) is 6. The van der Waals surface area contributed by atoms with Crippen LogP contribution in [0.5, 0.6) is 0 Å². The predicted octanol–water partition coefficient (Wildman–Crippen LogP) is 2.33. The van der Waals surface area contributed by atoms with Crippen LogP contribution >= 0.6 is 0 Å². The van der Waals surface area contributed by atoms with E-state index in [1.807, 2.05) is 18.3 Å². The first kappa shape index (κ1) is 16.5. The molecule has 0 spiro atoms. The third-order valence-electron chi connectivity index (χ3n) is 5.50. The van der Waals surface area contributed by atoms with Crippen molar-refractivity contribution in [2.24, 2.45) is 0 Å². The molecule has 2 aliphatic heterocycles. The number of piperazine rings is 1. The summed E-state index contributed by atoms with van der Waals surface area (Å²) in [6, 6.07) is 8.47. The van der Waals surface area contributed by atoms with Gasteiger partial charge in [-0.2, -0.15) is 0 Å². The molecule has 1 unspecified atom stereocenters. The zero-order valence-electron chi connectivity index (χ0n) is 15.4. The lowest BCUT2D eigenvalue weighted by Crippen LogP contribution is -2.47. The van der Waals surface area contributed by atoms with E-state index in [0.717, 1.165) is 60.1 Å². The van der Waals surface area contributed by atoms with Crippen LogP contribution in [-0.2, 0) is 18.0 Å². The third kappa shape index (κ3) is 3.13. The minimum absolute atomic E-state index is 0.257. The fourth-order valence-corrected chi connectivity index (χ4v) is 3.78. The first-order valence-electron chi connectivity index (χ1n) is 9.41. The smallest absolute Gasteiger partial charge is 0.225 e. The van der Waals surface area contributed by atoms with Crippen molar-refractivity contribution in [3.05, 3.63) is 53.6 Å². The Morgan fingerprint density at radius 2 is 1.89 bits per heavy atom. The largest absolute Gasteiger partial charge is 0.370 e. The van der Waals surface area contributed by atoms with E-state index < -0.39 is 0 Å². The molecule has 27 heavy (non-hydrogen) atoms. The Kier molecular flexibility index (Phi) is 4.18. The molecule has 138 valence electrons. The maximum absolute atomic E-state index is 5.44. The number of hydrogen-bond donors (Lipinski definition) is 0. The molecule has 0 aromatic carbocycles. The SMILES string of the molecule is CC(c1ccc2cccnc2n1)N1CCN(c2ncc3c(n2)COC3)CC1. The summed E-state index contributed by atoms with van der Waals surface area (Å²) in [5, 5.41) is 1.08. The van der Waals surface area contributed by atoms with Crippen molar-refractivity contribution in [2.45, 2.75) is 26.2 Å². The second kappa shape index (κ2) is 6.83. The third-order valence-corrected chi connectivity index (χ3v) is 5.50. The van der Waals surface area contributed by atoms with Gasteiger partial charge in [0.25, 0.3) is 0 Å². The summed E-state index contributed by atoms with van der Waals surface area (Å²) >= 11 is 0. The zero-order chi connectivity index (χ0) is 18.2. The molecule has 0 N–H and O–H groups in total. The van der Waals surface area contributed by atoms with Gasteiger partial charge in [0.1, 0.15) is 0 Å². The van der Waals surface area contributed by atoms with Crippen molar-refractivity contribution >= 4 is 17.0 Å². The van der Waals surface area contributed by atoms with E-state index in [1.165, 1.54) is 0 Å². The maximum atomic E-state index is 5.44. The van der Waals surface area contributed by atoms with Gasteiger partial charge in [0.05, 0.1) is 24.6 Å². The van der Waals surface area contributed by atoms with E-state index in [4.69, 9.17) is 9.72 Å². The standard InChI is InChI=1S/C20H22N6O/c1-14(17-5-4-15-3-2-6-21-19(15)23-17)25-7-9-26(10-8-25)20-22-11-16-12-27-13-18(16)24-20/h2-6,11,14H,7-10,12-13H2,1H3. The molecule has 3 aromatic rings. The van der Waals surface area contributed by atoms with E-state index in [1.54, 1.807) is 6.20 Å². The first-order valence-corrected chi connectivity index (χ1v) is 9.41. The summed E-state index contributed by atoms with van der Waals surface area (Å²) in [6.07, 6.45) is 3.70. The number of ether oxygens (including phenoxy) is 1. The molecule has 1 saturated heterocycles. The van der Waals surface area contributed by atoms with Gasteiger partial charge < -0.3 is 9.64 Å². The molecule has 3 aromatic heterocycles. The number of pyridine rings is 2. The van der Waals surface area contributed by atoms with Crippen molar-refractivity contribution in [1.82, 2.24) is 24.8 Å². The minimum atomic E-state index is 0.257. The highest BCUT2D eigenvalue weighted by atomic mass is 16.5. The molecule has 1 fully saturated rings. The van der Waals surface area contributed by atoms with Crippen molar-refractivity contribution in [3.8, 4) is 0 Å². The summed E-state index contributed by atoms with van der Waals surface area (Å²) in [4.78, 5) is 23.1. The van der Waals surface area contributed by atoms with E-state index in [0.29, 0.717) is 13.2 Å². The fraction of sp³-hybridized carbons (Fsp3) is 0.400. The number of anilines is 1. The Bertz CT molecular complexity index is 970. The van der Waals surface area contributed by atoms with Gasteiger partial charge in [0, 0.05) is 55.6 Å². The highest BCUT2D eigenvalue weighted by Gasteiger charge is 2.25. The molecule has 0 bridgehead atoms. The fourth-order valence-electron chi connectivity index (χ4n) is 3.78. The number of hydrogen-bond acceptors (Lipinski definition) is 7. The quantitative estimate of drug-likeness (QED) is 0.708. The topological polar surface area (TPSA) is 67.3 Å². The average Bonchev–Trinajstić information content (AvgIpc) is 3.21. The number of aromatic nitrogens is 4. The average molecular weight is 362 g/mol. The van der Waals surface area contributed by atoms with Crippen molar-refractivity contribution < 1.29 is 4.74 Å². The molecule has 7 heteroatoms. The Labute approximate surface area is 158 Å². The van der Waals surface area contributed by atoms with Crippen molar-refractivity contribution in [1.29, 1.82) is 0 Å². The molecule has 1 atom stereocenters. The summed E-state index contributed by atoms with van der Waals surface area (Å²) in [5.41, 5.74) is 4.03. The van der Waals surface area contributed by atoms with Gasteiger partial charge in [0.2, 0.25) is 5.95 Å². The van der Waals surface area contributed by atoms with E-state index >= 15 is 0 Å². The Hall–Kier alpha value is -2.64. The number of rotatable bonds is 3. The van der Waals surface area contributed by atoms with Crippen LogP contribution in [0.25, 0.3) is 11.0 Å². The maximum Gasteiger partial charge on any atom is 0.225 e. The van der Waals surface area contributed by atoms with Gasteiger partial charge in [-0.15, -0.1) is 0 Å². The van der Waals surface area contributed by atoms with Gasteiger partial charge in [-0.3, -0.25) is 4.90 Å². The van der Waals surface area contributed by atoms with Crippen molar-refractivity contribution in [2.75, 3.05) is 31.1 Å². The van der Waals surface area contributed by atoms with Crippen LogP contribution in [0.3, 0.4) is 0 Å². The molecular weight excluding hydrogens is 340 g/mol. The van der Waals surface area contributed by atoms with Gasteiger partial charge in [-0.05, 0) is 31.2 Å². The van der Waals surface area contributed by atoms with Gasteiger partial charge in [-0.25, -0.2) is 19.9 Å². The Balaban J connectivity index is 1.28. The lowest BCUT2D eigenvalue weighted by atomic mass is 10.1. The predicted molar refractivity (Wildman–Crippen MR) is 102 cm³/mol. The molecule has 2 aliphatic rings. The lowest BCUT2D eigenvalue weighted by Gasteiger charge is -2.37. The van der Waals surface area contributed by atoms with E-state index in [9.17, 15) is 0 Å². The summed E-state index contributed by atoms with van der Waals surface area (Å²) in [7, 11) is 0. The second-order valence-corrected chi connectivity index (χ2v) is 7.12. The van der Waals surface area contributed by atoms with Crippen LogP contribution in [0, 0.1) is 0 Å². The lowest BCUT2D eigenvalue weighted by molar-refractivity contribution is 0.133. The first-order chi connectivity index (χ1) is 13.3. The second-order valence-electron chi connectivity index (χ2n) is 7.12. The van der Waals surface area contributed by atoms with Crippen LogP contribution in [0.15, 0.2) is 36.7 Å². The number of fused-ring (bicyclic) bond motifs is 2. The normalized spacial score (nSPS) is 18.6. The summed E-state index contributed by atoms with van der Waals surface area (Å²) < 4.78 is 5.44. The highest BCUT2D eigenvalue weighted by Crippen LogP contribution is 2.24. The minimum Gasteiger partial charge on any atom is -0.370 e. The van der Waals surface area contributed by atoms with Gasteiger partial charge in [0.15, 0.2) is 5.65 Å². The van der Waals surface area contributed by atoms with Crippen LogP contribution in [-0.4, -0.2) is 51.0 Å². The van der Waals surface area contributed by atoms with Crippen LogP contribution in [0.4, 0.5) is 5.95 Å². The van der Waals surface area contributed by atoms with E-state index in [-0.39, 0.29) is 6.04 Å². The summed E-state index contributed by atoms with van der Waals surface area (Å²) in [6.45, 7) is 7.19. The molecule has 0 saturated carbocycles. The van der Waals surface area contributed by atoms with Gasteiger partial charge in [-0.1, -0.05) is 0 Å². The highest BCUT2D eigenvalue weighted by molar-refractivity contribution is 5.74. The zero-order valence-corrected chi connectivity index (χ0v) is 15.4. The molecule has 0 amide bonds. The molecular formula is C20H22N6O. The van der Waals surface area contributed by atoms with E-state index in [2.05, 4.69) is 43.8 Å². The van der Waals surface area contributed by atoms with Crippen LogP contribution < -0.4 is 4.90 Å². The molecule has 0 aliphatic carbocycles. The van der Waals surface area contributed by atoms with Crippen LogP contribution in [0.1, 0.15) is 29.9 Å².